The van der Waals surface area contributed by atoms with E-state index in [2.05, 4.69) is 12.2 Å². The molecule has 18 heavy (non-hydrogen) atoms. The predicted octanol–water partition coefficient (Wildman–Crippen LogP) is 0.961. The highest BCUT2D eigenvalue weighted by atomic mass is 16.5. The SMILES string of the molecule is CCCNC(CO)COc1ccccc1CCO. The van der Waals surface area contributed by atoms with Crippen LogP contribution in [0.15, 0.2) is 24.3 Å². The highest BCUT2D eigenvalue weighted by Gasteiger charge is 2.08. The Labute approximate surface area is 109 Å². The van der Waals surface area contributed by atoms with Gasteiger partial charge in [0.05, 0.1) is 12.6 Å². The van der Waals surface area contributed by atoms with E-state index in [0.29, 0.717) is 13.0 Å². The number of rotatable bonds is 9. The van der Waals surface area contributed by atoms with Crippen molar-refractivity contribution in [3.05, 3.63) is 29.8 Å². The van der Waals surface area contributed by atoms with Crippen molar-refractivity contribution in [3.8, 4) is 5.75 Å². The Balaban J connectivity index is 2.50. The quantitative estimate of drug-likeness (QED) is 0.613. The second-order valence-corrected chi connectivity index (χ2v) is 4.23. The number of aliphatic hydroxyl groups excluding tert-OH is 2. The molecule has 102 valence electrons. The summed E-state index contributed by atoms with van der Waals surface area (Å²) < 4.78 is 5.71. The van der Waals surface area contributed by atoms with Gasteiger partial charge in [0.1, 0.15) is 12.4 Å². The van der Waals surface area contributed by atoms with E-state index < -0.39 is 0 Å². The molecule has 0 fully saturated rings. The molecule has 4 heteroatoms. The summed E-state index contributed by atoms with van der Waals surface area (Å²) in [6, 6.07) is 7.62. The summed E-state index contributed by atoms with van der Waals surface area (Å²) in [5, 5.41) is 21.4. The van der Waals surface area contributed by atoms with Crippen molar-refractivity contribution in [1.82, 2.24) is 5.32 Å². The largest absolute Gasteiger partial charge is 0.492 e. The molecule has 1 rings (SSSR count). The molecule has 0 saturated heterocycles. The Kier molecular flexibility index (Phi) is 7.41. The maximum absolute atomic E-state index is 9.22. The second kappa shape index (κ2) is 8.91. The number of hydrogen-bond donors (Lipinski definition) is 3. The van der Waals surface area contributed by atoms with Gasteiger partial charge in [0.15, 0.2) is 0 Å². The van der Waals surface area contributed by atoms with Gasteiger partial charge in [0, 0.05) is 6.61 Å². The summed E-state index contributed by atoms with van der Waals surface area (Å²) in [6.07, 6.45) is 1.61. The second-order valence-electron chi connectivity index (χ2n) is 4.23. The zero-order valence-corrected chi connectivity index (χ0v) is 10.9. The average molecular weight is 253 g/mol. The van der Waals surface area contributed by atoms with E-state index in [1.165, 1.54) is 0 Å². The van der Waals surface area contributed by atoms with Crippen LogP contribution in [0.1, 0.15) is 18.9 Å². The number of ether oxygens (including phenoxy) is 1. The van der Waals surface area contributed by atoms with Gasteiger partial charge in [-0.25, -0.2) is 0 Å². The first kappa shape index (κ1) is 15.0. The minimum Gasteiger partial charge on any atom is -0.492 e. The third kappa shape index (κ3) is 5.04. The van der Waals surface area contributed by atoms with Gasteiger partial charge in [-0.2, -0.15) is 0 Å². The highest BCUT2D eigenvalue weighted by Crippen LogP contribution is 2.18. The van der Waals surface area contributed by atoms with Crippen molar-refractivity contribution >= 4 is 0 Å². The van der Waals surface area contributed by atoms with E-state index in [0.717, 1.165) is 24.3 Å². The van der Waals surface area contributed by atoms with Crippen molar-refractivity contribution in [1.29, 1.82) is 0 Å². The molecule has 0 aliphatic carbocycles. The highest BCUT2D eigenvalue weighted by molar-refractivity contribution is 5.33. The van der Waals surface area contributed by atoms with Crippen LogP contribution in [0.5, 0.6) is 5.75 Å². The minimum atomic E-state index is -0.0490. The smallest absolute Gasteiger partial charge is 0.122 e. The first-order valence-electron chi connectivity index (χ1n) is 6.47. The molecule has 0 radical (unpaired) electrons. The van der Waals surface area contributed by atoms with Gasteiger partial charge in [-0.05, 0) is 31.0 Å². The normalized spacial score (nSPS) is 12.4. The topological polar surface area (TPSA) is 61.7 Å². The third-order valence-electron chi connectivity index (χ3n) is 2.70. The Morgan fingerprint density at radius 3 is 2.72 bits per heavy atom. The molecule has 4 nitrogen and oxygen atoms in total. The van der Waals surface area contributed by atoms with Crippen molar-refractivity contribution in [2.24, 2.45) is 0 Å². The first-order chi connectivity index (χ1) is 8.81. The number of hydrogen-bond acceptors (Lipinski definition) is 4. The molecular formula is C14H23NO3. The molecule has 1 unspecified atom stereocenters. The Morgan fingerprint density at radius 2 is 2.06 bits per heavy atom. The molecule has 0 bridgehead atoms. The molecule has 0 heterocycles. The predicted molar refractivity (Wildman–Crippen MR) is 71.9 cm³/mol. The number of benzene rings is 1. The molecule has 1 atom stereocenters. The summed E-state index contributed by atoms with van der Waals surface area (Å²) in [7, 11) is 0. The summed E-state index contributed by atoms with van der Waals surface area (Å²) >= 11 is 0. The van der Waals surface area contributed by atoms with Gasteiger partial charge < -0.3 is 20.3 Å². The Hall–Kier alpha value is -1.10. The number of nitrogens with one attached hydrogen (secondary N) is 1. The van der Waals surface area contributed by atoms with Crippen molar-refractivity contribution in [2.45, 2.75) is 25.8 Å². The van der Waals surface area contributed by atoms with Gasteiger partial charge in [0.2, 0.25) is 0 Å². The van der Waals surface area contributed by atoms with Crippen molar-refractivity contribution < 1.29 is 14.9 Å². The summed E-state index contributed by atoms with van der Waals surface area (Å²) in [5.41, 5.74) is 0.993. The molecule has 0 aliphatic rings. The number of para-hydroxylation sites is 1. The molecule has 1 aromatic carbocycles. The fourth-order valence-corrected chi connectivity index (χ4v) is 1.69. The molecule has 0 aliphatic heterocycles. The van der Waals surface area contributed by atoms with E-state index in [-0.39, 0.29) is 19.3 Å². The van der Waals surface area contributed by atoms with Crippen molar-refractivity contribution in [3.63, 3.8) is 0 Å². The lowest BCUT2D eigenvalue weighted by atomic mass is 10.1. The number of aliphatic hydroxyl groups is 2. The van der Waals surface area contributed by atoms with Crippen molar-refractivity contribution in [2.75, 3.05) is 26.4 Å². The van der Waals surface area contributed by atoms with Gasteiger partial charge in [0.25, 0.3) is 0 Å². The zero-order chi connectivity index (χ0) is 13.2. The van der Waals surface area contributed by atoms with Gasteiger partial charge in [-0.15, -0.1) is 0 Å². The van der Waals surface area contributed by atoms with Crippen LogP contribution in [0, 0.1) is 0 Å². The van der Waals surface area contributed by atoms with E-state index in [9.17, 15) is 5.11 Å². The lowest BCUT2D eigenvalue weighted by Gasteiger charge is -2.18. The van der Waals surface area contributed by atoms with Gasteiger partial charge in [-0.3, -0.25) is 0 Å². The third-order valence-corrected chi connectivity index (χ3v) is 2.70. The monoisotopic (exact) mass is 253 g/mol. The maximum atomic E-state index is 9.22. The van der Waals surface area contributed by atoms with E-state index in [1.807, 2.05) is 24.3 Å². The molecule has 0 saturated carbocycles. The molecular weight excluding hydrogens is 230 g/mol. The van der Waals surface area contributed by atoms with Crippen LogP contribution >= 0.6 is 0 Å². The molecule has 3 N–H and O–H groups in total. The fourth-order valence-electron chi connectivity index (χ4n) is 1.69. The van der Waals surface area contributed by atoms with E-state index in [4.69, 9.17) is 9.84 Å². The maximum Gasteiger partial charge on any atom is 0.122 e. The van der Waals surface area contributed by atoms with Crippen LogP contribution in [0.2, 0.25) is 0 Å². The zero-order valence-electron chi connectivity index (χ0n) is 10.9. The molecule has 0 spiro atoms. The minimum absolute atomic E-state index is 0.0490. The van der Waals surface area contributed by atoms with Crippen LogP contribution in [0.25, 0.3) is 0 Å². The first-order valence-corrected chi connectivity index (χ1v) is 6.47. The average Bonchev–Trinajstić information content (AvgIpc) is 2.41. The van der Waals surface area contributed by atoms with Crippen LogP contribution in [-0.4, -0.2) is 42.6 Å². The summed E-state index contributed by atoms with van der Waals surface area (Å²) in [4.78, 5) is 0. The molecule has 1 aromatic rings. The van der Waals surface area contributed by atoms with E-state index in [1.54, 1.807) is 0 Å². The Morgan fingerprint density at radius 1 is 1.28 bits per heavy atom. The van der Waals surface area contributed by atoms with Crippen LogP contribution in [-0.2, 0) is 6.42 Å². The van der Waals surface area contributed by atoms with Crippen LogP contribution in [0.3, 0.4) is 0 Å². The van der Waals surface area contributed by atoms with Crippen LogP contribution in [0.4, 0.5) is 0 Å². The molecule has 0 aromatic heterocycles. The lowest BCUT2D eigenvalue weighted by Crippen LogP contribution is -2.38. The summed E-state index contributed by atoms with van der Waals surface area (Å²) in [6.45, 7) is 3.55. The van der Waals surface area contributed by atoms with E-state index >= 15 is 0 Å². The van der Waals surface area contributed by atoms with Gasteiger partial charge in [-0.1, -0.05) is 25.1 Å². The fraction of sp³-hybridized carbons (Fsp3) is 0.571. The Bertz CT molecular complexity index is 331. The lowest BCUT2D eigenvalue weighted by molar-refractivity contribution is 0.182. The van der Waals surface area contributed by atoms with Crippen LogP contribution < -0.4 is 10.1 Å². The molecule has 0 amide bonds. The standard InChI is InChI=1S/C14H23NO3/c1-2-8-15-13(10-17)11-18-14-6-4-3-5-12(14)7-9-16/h3-6,13,15-17H,2,7-11H2,1H3. The van der Waals surface area contributed by atoms with Gasteiger partial charge >= 0.3 is 0 Å². The summed E-state index contributed by atoms with van der Waals surface area (Å²) in [5.74, 6) is 0.781.